The molecule has 2 aromatic rings. The molecule has 1 aromatic heterocycles. The van der Waals surface area contributed by atoms with Crippen LogP contribution in [0.25, 0.3) is 10.9 Å². The Labute approximate surface area is 184 Å². The van der Waals surface area contributed by atoms with Crippen molar-refractivity contribution in [1.82, 2.24) is 15.2 Å². The second-order valence-corrected chi connectivity index (χ2v) is 8.80. The number of hydrogen-bond donors (Lipinski definition) is 2. The summed E-state index contributed by atoms with van der Waals surface area (Å²) in [4.78, 5) is 31.0. The van der Waals surface area contributed by atoms with Gasteiger partial charge in [-0.1, -0.05) is 50.0 Å². The number of aromatic nitrogens is 1. The Morgan fingerprint density at radius 1 is 1.26 bits per heavy atom. The highest BCUT2D eigenvalue weighted by molar-refractivity contribution is 5.99. The molecular formula is C24H34N4O3. The fraction of sp³-hybridized carbons (Fsp3) is 0.542. The highest BCUT2D eigenvalue weighted by Crippen LogP contribution is 2.26. The number of amides is 2. The van der Waals surface area contributed by atoms with Gasteiger partial charge >= 0.3 is 0 Å². The Balaban J connectivity index is 1.71. The summed E-state index contributed by atoms with van der Waals surface area (Å²) >= 11 is 0. The van der Waals surface area contributed by atoms with E-state index in [9.17, 15) is 9.59 Å². The van der Waals surface area contributed by atoms with Crippen LogP contribution in [0.15, 0.2) is 35.5 Å². The molecule has 1 aromatic carbocycles. The number of hydrogen-bond acceptors (Lipinski definition) is 4. The zero-order valence-electron chi connectivity index (χ0n) is 18.9. The second-order valence-electron chi connectivity index (χ2n) is 8.80. The lowest BCUT2D eigenvalue weighted by Crippen LogP contribution is -2.51. The largest absolute Gasteiger partial charge is 0.399 e. The number of carbonyl (C=O) groups excluding carboxylic acids is 2. The van der Waals surface area contributed by atoms with Gasteiger partial charge in [-0.25, -0.2) is 0 Å². The summed E-state index contributed by atoms with van der Waals surface area (Å²) in [5.74, 6) is -0.0155. The molecule has 168 valence electrons. The third kappa shape index (κ3) is 5.66. The second kappa shape index (κ2) is 10.5. The average molecular weight is 427 g/mol. The summed E-state index contributed by atoms with van der Waals surface area (Å²) in [7, 11) is 3.39. The van der Waals surface area contributed by atoms with E-state index in [1.54, 1.807) is 6.21 Å². The van der Waals surface area contributed by atoms with Gasteiger partial charge in [-0.3, -0.25) is 9.59 Å². The van der Waals surface area contributed by atoms with Crippen molar-refractivity contribution in [2.24, 2.45) is 24.0 Å². The van der Waals surface area contributed by atoms with Crippen LogP contribution in [-0.2, 0) is 16.7 Å². The van der Waals surface area contributed by atoms with E-state index in [-0.39, 0.29) is 29.8 Å². The number of para-hydroxylation sites is 1. The normalized spacial score (nSPS) is 20.2. The number of nitrogens with zero attached hydrogens (tertiary/aromatic N) is 2. The highest BCUT2D eigenvalue weighted by atomic mass is 16.6. The van der Waals surface area contributed by atoms with Crippen LogP contribution in [0.1, 0.15) is 56.4 Å². The first-order valence-electron chi connectivity index (χ1n) is 11.1. The van der Waals surface area contributed by atoms with E-state index in [1.165, 1.54) is 7.11 Å². The molecule has 3 atom stereocenters. The van der Waals surface area contributed by atoms with Crippen LogP contribution in [0.4, 0.5) is 0 Å². The SMILES string of the molecule is CON=CC(CC(C)C)NC(=O)[C@@H]1CCCC[C@@H]1NC(=O)c1cc2ccccc2n1C. The number of aryl methyl sites for hydroxylation is 1. The van der Waals surface area contributed by atoms with E-state index in [0.29, 0.717) is 11.6 Å². The molecule has 2 amide bonds. The van der Waals surface area contributed by atoms with Crippen LogP contribution < -0.4 is 10.6 Å². The van der Waals surface area contributed by atoms with Crippen molar-refractivity contribution in [2.75, 3.05) is 7.11 Å². The minimum atomic E-state index is -0.252. The maximum Gasteiger partial charge on any atom is 0.268 e. The van der Waals surface area contributed by atoms with Gasteiger partial charge in [-0.15, -0.1) is 0 Å². The first-order chi connectivity index (χ1) is 14.9. The van der Waals surface area contributed by atoms with Crippen molar-refractivity contribution in [3.05, 3.63) is 36.0 Å². The summed E-state index contributed by atoms with van der Waals surface area (Å²) in [5, 5.41) is 11.1. The van der Waals surface area contributed by atoms with Gasteiger partial charge in [0, 0.05) is 24.0 Å². The van der Waals surface area contributed by atoms with E-state index in [2.05, 4.69) is 29.6 Å². The summed E-state index contributed by atoms with van der Waals surface area (Å²) in [6.45, 7) is 4.21. The molecule has 1 fully saturated rings. The molecule has 3 rings (SSSR count). The van der Waals surface area contributed by atoms with E-state index in [4.69, 9.17) is 4.84 Å². The fourth-order valence-electron chi connectivity index (χ4n) is 4.46. The van der Waals surface area contributed by atoms with Gasteiger partial charge < -0.3 is 20.0 Å². The third-order valence-electron chi connectivity index (χ3n) is 6.00. The van der Waals surface area contributed by atoms with E-state index in [1.807, 2.05) is 41.9 Å². The zero-order valence-corrected chi connectivity index (χ0v) is 18.9. The molecule has 31 heavy (non-hydrogen) atoms. The number of oxime groups is 1. The number of rotatable bonds is 8. The Kier molecular flexibility index (Phi) is 7.71. The number of nitrogens with one attached hydrogen (secondary N) is 2. The molecule has 1 heterocycles. The summed E-state index contributed by atoms with van der Waals surface area (Å²) < 4.78 is 1.91. The maximum absolute atomic E-state index is 13.1. The van der Waals surface area contributed by atoms with Crippen molar-refractivity contribution in [2.45, 2.75) is 58.0 Å². The molecule has 0 bridgehead atoms. The number of carbonyl (C=O) groups is 2. The molecule has 0 radical (unpaired) electrons. The van der Waals surface area contributed by atoms with Crippen molar-refractivity contribution >= 4 is 28.9 Å². The van der Waals surface area contributed by atoms with Crippen LogP contribution in [0.2, 0.25) is 0 Å². The van der Waals surface area contributed by atoms with Crippen LogP contribution >= 0.6 is 0 Å². The molecule has 1 aliphatic rings. The molecule has 0 aliphatic heterocycles. The summed E-state index contributed by atoms with van der Waals surface area (Å²) in [6, 6.07) is 9.46. The maximum atomic E-state index is 13.1. The first kappa shape index (κ1) is 22.8. The smallest absolute Gasteiger partial charge is 0.268 e. The Morgan fingerprint density at radius 3 is 2.71 bits per heavy atom. The van der Waals surface area contributed by atoms with Gasteiger partial charge in [0.05, 0.1) is 18.2 Å². The third-order valence-corrected chi connectivity index (χ3v) is 6.00. The van der Waals surface area contributed by atoms with Crippen LogP contribution in [0.3, 0.4) is 0 Å². The molecule has 7 heteroatoms. The number of benzene rings is 1. The lowest BCUT2D eigenvalue weighted by atomic mass is 9.83. The standard InChI is InChI=1S/C24H34N4O3/c1-16(2)13-18(15-25-31-4)26-23(29)19-10-6-7-11-20(19)27-24(30)22-14-17-9-5-8-12-21(17)28(22)3/h5,8-9,12,14-16,18-20H,6-7,10-11,13H2,1-4H3,(H,26,29)(H,27,30)/t18?,19-,20+/m1/s1. The highest BCUT2D eigenvalue weighted by Gasteiger charge is 2.33. The monoisotopic (exact) mass is 426 g/mol. The van der Waals surface area contributed by atoms with Crippen LogP contribution in [0, 0.1) is 11.8 Å². The van der Waals surface area contributed by atoms with Gasteiger partial charge in [0.2, 0.25) is 5.91 Å². The lowest BCUT2D eigenvalue weighted by molar-refractivity contribution is -0.127. The van der Waals surface area contributed by atoms with Crippen LogP contribution in [0.5, 0.6) is 0 Å². The Morgan fingerprint density at radius 2 is 2.00 bits per heavy atom. The van der Waals surface area contributed by atoms with Crippen molar-refractivity contribution < 1.29 is 14.4 Å². The summed E-state index contributed by atoms with van der Waals surface area (Å²) in [6.07, 6.45) is 5.97. The topological polar surface area (TPSA) is 84.7 Å². The molecular weight excluding hydrogens is 392 g/mol. The molecule has 1 aliphatic carbocycles. The van der Waals surface area contributed by atoms with E-state index < -0.39 is 0 Å². The van der Waals surface area contributed by atoms with Crippen molar-refractivity contribution in [3.8, 4) is 0 Å². The van der Waals surface area contributed by atoms with E-state index >= 15 is 0 Å². The average Bonchev–Trinajstić information content (AvgIpc) is 3.09. The molecule has 2 N–H and O–H groups in total. The molecule has 1 unspecified atom stereocenters. The lowest BCUT2D eigenvalue weighted by Gasteiger charge is -2.32. The van der Waals surface area contributed by atoms with Gasteiger partial charge in [0.15, 0.2) is 0 Å². The molecule has 7 nitrogen and oxygen atoms in total. The number of fused-ring (bicyclic) bond motifs is 1. The Hall–Kier alpha value is -2.83. The van der Waals surface area contributed by atoms with E-state index in [0.717, 1.165) is 43.0 Å². The van der Waals surface area contributed by atoms with Crippen molar-refractivity contribution in [3.63, 3.8) is 0 Å². The minimum Gasteiger partial charge on any atom is -0.399 e. The zero-order chi connectivity index (χ0) is 22.4. The van der Waals surface area contributed by atoms with Gasteiger partial charge in [-0.2, -0.15) is 0 Å². The molecule has 0 saturated heterocycles. The fourth-order valence-corrected chi connectivity index (χ4v) is 4.46. The predicted octanol–water partition coefficient (Wildman–Crippen LogP) is 3.63. The first-order valence-corrected chi connectivity index (χ1v) is 11.1. The minimum absolute atomic E-state index is 0.0322. The van der Waals surface area contributed by atoms with Gasteiger partial charge in [0.25, 0.3) is 5.91 Å². The Bertz CT molecular complexity index is 934. The van der Waals surface area contributed by atoms with Gasteiger partial charge in [-0.05, 0) is 37.3 Å². The molecule has 0 spiro atoms. The van der Waals surface area contributed by atoms with Crippen molar-refractivity contribution in [1.29, 1.82) is 0 Å². The molecule has 1 saturated carbocycles. The quantitative estimate of drug-likeness (QED) is 0.499. The van der Waals surface area contributed by atoms with Gasteiger partial charge in [0.1, 0.15) is 12.8 Å². The predicted molar refractivity (Wildman–Crippen MR) is 123 cm³/mol. The van der Waals surface area contributed by atoms with Crippen LogP contribution in [-0.4, -0.2) is 41.8 Å². The summed E-state index contributed by atoms with van der Waals surface area (Å²) in [5.41, 5.74) is 1.62.